The number of esters is 1. The monoisotopic (exact) mass is 238 g/mol. The Labute approximate surface area is 101 Å². The quantitative estimate of drug-likeness (QED) is 0.821. The van der Waals surface area contributed by atoms with E-state index in [1.807, 2.05) is 20.8 Å². The fourth-order valence-electron chi connectivity index (χ4n) is 1.38. The summed E-state index contributed by atoms with van der Waals surface area (Å²) in [7, 11) is 1.46. The molecule has 0 bridgehead atoms. The van der Waals surface area contributed by atoms with Gasteiger partial charge in [0.15, 0.2) is 11.5 Å². The van der Waals surface area contributed by atoms with Crippen LogP contribution in [0.25, 0.3) is 0 Å². The van der Waals surface area contributed by atoms with Gasteiger partial charge < -0.3 is 14.6 Å². The Morgan fingerprint density at radius 2 is 2.00 bits per heavy atom. The minimum atomic E-state index is -0.488. The fraction of sp³-hybridized carbons (Fsp3) is 0.462. The molecular formula is C13H18O4. The van der Waals surface area contributed by atoms with E-state index in [0.29, 0.717) is 5.75 Å². The maximum Gasteiger partial charge on any atom is 0.310 e. The largest absolute Gasteiger partial charge is 0.504 e. The molecule has 0 radical (unpaired) electrons. The van der Waals surface area contributed by atoms with Crippen LogP contribution in [0.3, 0.4) is 0 Å². The molecule has 0 heterocycles. The normalized spacial score (nSPS) is 11.1. The highest BCUT2D eigenvalue weighted by Crippen LogP contribution is 2.26. The molecule has 0 fully saturated rings. The lowest BCUT2D eigenvalue weighted by molar-refractivity contribution is -0.153. The fourth-order valence-corrected chi connectivity index (χ4v) is 1.38. The van der Waals surface area contributed by atoms with Crippen molar-refractivity contribution in [3.05, 3.63) is 23.8 Å². The van der Waals surface area contributed by atoms with Gasteiger partial charge in [-0.2, -0.15) is 0 Å². The van der Waals surface area contributed by atoms with E-state index in [1.165, 1.54) is 13.2 Å². The van der Waals surface area contributed by atoms with Gasteiger partial charge in [-0.25, -0.2) is 0 Å². The average molecular weight is 238 g/mol. The Balaban J connectivity index is 2.72. The van der Waals surface area contributed by atoms with Crippen molar-refractivity contribution in [3.8, 4) is 11.5 Å². The Bertz CT molecular complexity index is 404. The highest BCUT2D eigenvalue weighted by molar-refractivity contribution is 5.73. The van der Waals surface area contributed by atoms with Gasteiger partial charge in [0.05, 0.1) is 13.5 Å². The van der Waals surface area contributed by atoms with Crippen molar-refractivity contribution in [1.82, 2.24) is 0 Å². The Morgan fingerprint density at radius 1 is 1.35 bits per heavy atom. The predicted octanol–water partition coefficient (Wildman–Crippen LogP) is 2.29. The number of benzene rings is 1. The zero-order valence-corrected chi connectivity index (χ0v) is 10.6. The third-order valence-corrected chi connectivity index (χ3v) is 2.01. The number of rotatable bonds is 3. The van der Waals surface area contributed by atoms with Crippen molar-refractivity contribution < 1.29 is 19.4 Å². The number of hydrogen-bond donors (Lipinski definition) is 1. The Morgan fingerprint density at radius 3 is 2.53 bits per heavy atom. The van der Waals surface area contributed by atoms with Crippen LogP contribution in [-0.4, -0.2) is 23.8 Å². The van der Waals surface area contributed by atoms with Crippen molar-refractivity contribution in [2.45, 2.75) is 32.8 Å². The summed E-state index contributed by atoms with van der Waals surface area (Å²) in [5, 5.41) is 9.41. The first-order chi connectivity index (χ1) is 7.81. The van der Waals surface area contributed by atoms with E-state index in [-0.39, 0.29) is 18.1 Å². The van der Waals surface area contributed by atoms with E-state index in [1.54, 1.807) is 12.1 Å². The predicted molar refractivity (Wildman–Crippen MR) is 64.2 cm³/mol. The molecule has 1 aromatic carbocycles. The number of hydrogen-bond acceptors (Lipinski definition) is 4. The van der Waals surface area contributed by atoms with Crippen LogP contribution < -0.4 is 4.74 Å². The minimum absolute atomic E-state index is 0.0560. The first kappa shape index (κ1) is 13.4. The van der Waals surface area contributed by atoms with Crippen LogP contribution in [0.1, 0.15) is 26.3 Å². The van der Waals surface area contributed by atoms with Gasteiger partial charge >= 0.3 is 5.97 Å². The number of aromatic hydroxyl groups is 1. The standard InChI is InChI=1S/C13H18O4/c1-13(2,3)17-12(15)8-9-5-6-10(14)11(7-9)16-4/h5-7,14H,8H2,1-4H3. The zero-order chi connectivity index (χ0) is 13.1. The van der Waals surface area contributed by atoms with E-state index in [2.05, 4.69) is 0 Å². The molecule has 0 saturated carbocycles. The van der Waals surface area contributed by atoms with Crippen LogP contribution in [0, 0.1) is 0 Å². The number of phenolic OH excluding ortho intramolecular Hbond substituents is 1. The Hall–Kier alpha value is -1.71. The molecule has 1 aromatic rings. The summed E-state index contributed by atoms with van der Waals surface area (Å²) >= 11 is 0. The first-order valence-corrected chi connectivity index (χ1v) is 5.39. The Kier molecular flexibility index (Phi) is 3.99. The van der Waals surface area contributed by atoms with Crippen LogP contribution in [0.4, 0.5) is 0 Å². The summed E-state index contributed by atoms with van der Waals surface area (Å²) < 4.78 is 10.2. The van der Waals surface area contributed by atoms with Gasteiger partial charge in [0.2, 0.25) is 0 Å². The van der Waals surface area contributed by atoms with E-state index in [0.717, 1.165) is 5.56 Å². The molecular weight excluding hydrogens is 220 g/mol. The van der Waals surface area contributed by atoms with Gasteiger partial charge in [0, 0.05) is 0 Å². The van der Waals surface area contributed by atoms with E-state index in [4.69, 9.17) is 9.47 Å². The summed E-state index contributed by atoms with van der Waals surface area (Å²) in [6.07, 6.45) is 0.161. The lowest BCUT2D eigenvalue weighted by atomic mass is 10.1. The lowest BCUT2D eigenvalue weighted by Crippen LogP contribution is -2.24. The molecule has 0 aliphatic heterocycles. The minimum Gasteiger partial charge on any atom is -0.504 e. The molecule has 94 valence electrons. The molecule has 0 aliphatic carbocycles. The number of carbonyl (C=O) groups is 1. The van der Waals surface area contributed by atoms with E-state index in [9.17, 15) is 9.90 Å². The number of carbonyl (C=O) groups excluding carboxylic acids is 1. The van der Waals surface area contributed by atoms with Crippen LogP contribution >= 0.6 is 0 Å². The molecule has 0 aliphatic rings. The average Bonchev–Trinajstić information content (AvgIpc) is 2.18. The molecule has 4 nitrogen and oxygen atoms in total. The van der Waals surface area contributed by atoms with Crippen molar-refractivity contribution in [1.29, 1.82) is 0 Å². The summed E-state index contributed by atoms with van der Waals surface area (Å²) in [5.74, 6) is 0.108. The summed E-state index contributed by atoms with van der Waals surface area (Å²) in [5.41, 5.74) is 0.256. The molecule has 1 rings (SSSR count). The molecule has 4 heteroatoms. The SMILES string of the molecule is COc1cc(CC(=O)OC(C)(C)C)ccc1O. The maximum atomic E-state index is 11.6. The molecule has 0 amide bonds. The van der Waals surface area contributed by atoms with Crippen molar-refractivity contribution >= 4 is 5.97 Å². The smallest absolute Gasteiger partial charge is 0.310 e. The van der Waals surface area contributed by atoms with Crippen LogP contribution in [0.5, 0.6) is 11.5 Å². The van der Waals surface area contributed by atoms with E-state index >= 15 is 0 Å². The zero-order valence-electron chi connectivity index (χ0n) is 10.6. The van der Waals surface area contributed by atoms with Crippen molar-refractivity contribution in [2.24, 2.45) is 0 Å². The van der Waals surface area contributed by atoms with E-state index < -0.39 is 5.60 Å². The number of phenols is 1. The number of methoxy groups -OCH3 is 1. The van der Waals surface area contributed by atoms with Gasteiger partial charge in [-0.1, -0.05) is 6.07 Å². The number of ether oxygens (including phenoxy) is 2. The summed E-state index contributed by atoms with van der Waals surface area (Å²) in [4.78, 5) is 11.6. The van der Waals surface area contributed by atoms with Gasteiger partial charge in [0.1, 0.15) is 5.60 Å². The molecule has 0 unspecified atom stereocenters. The van der Waals surface area contributed by atoms with Crippen molar-refractivity contribution in [3.63, 3.8) is 0 Å². The van der Waals surface area contributed by atoms with Gasteiger partial charge in [0.25, 0.3) is 0 Å². The third-order valence-electron chi connectivity index (χ3n) is 2.01. The molecule has 0 spiro atoms. The molecule has 0 saturated heterocycles. The third kappa shape index (κ3) is 4.34. The second kappa shape index (κ2) is 5.08. The molecule has 1 N–H and O–H groups in total. The van der Waals surface area contributed by atoms with Crippen LogP contribution in [-0.2, 0) is 16.0 Å². The van der Waals surface area contributed by atoms with Crippen LogP contribution in [0.2, 0.25) is 0 Å². The van der Waals surface area contributed by atoms with Gasteiger partial charge in [-0.3, -0.25) is 4.79 Å². The summed E-state index contributed by atoms with van der Waals surface area (Å²) in [6.45, 7) is 5.47. The van der Waals surface area contributed by atoms with Gasteiger partial charge in [-0.15, -0.1) is 0 Å². The van der Waals surface area contributed by atoms with Crippen molar-refractivity contribution in [2.75, 3.05) is 7.11 Å². The topological polar surface area (TPSA) is 55.8 Å². The summed E-state index contributed by atoms with van der Waals surface area (Å²) in [6, 6.07) is 4.79. The second-order valence-electron chi connectivity index (χ2n) is 4.77. The molecule has 0 atom stereocenters. The molecule has 17 heavy (non-hydrogen) atoms. The lowest BCUT2D eigenvalue weighted by Gasteiger charge is -2.19. The van der Waals surface area contributed by atoms with Crippen LogP contribution in [0.15, 0.2) is 18.2 Å². The second-order valence-corrected chi connectivity index (χ2v) is 4.77. The first-order valence-electron chi connectivity index (χ1n) is 5.39. The maximum absolute atomic E-state index is 11.6. The van der Waals surface area contributed by atoms with Gasteiger partial charge in [-0.05, 0) is 38.5 Å². The highest BCUT2D eigenvalue weighted by atomic mass is 16.6. The molecule has 0 aromatic heterocycles. The highest BCUT2D eigenvalue weighted by Gasteiger charge is 2.16.